The first-order chi connectivity index (χ1) is 20.5. The second-order valence-electron chi connectivity index (χ2n) is 12.5. The van der Waals surface area contributed by atoms with Crippen molar-refractivity contribution in [2.45, 2.75) is 70.4 Å². The van der Waals surface area contributed by atoms with Gasteiger partial charge in [0.25, 0.3) is 17.7 Å². The van der Waals surface area contributed by atoms with Crippen molar-refractivity contribution in [2.75, 3.05) is 26.2 Å². The number of amidine groups is 1. The van der Waals surface area contributed by atoms with E-state index in [9.17, 15) is 31.9 Å². The molecule has 0 aliphatic carbocycles. The lowest BCUT2D eigenvalue weighted by molar-refractivity contribution is -0.124. The molecule has 3 heterocycles. The molecule has 2 amide bonds. The van der Waals surface area contributed by atoms with Gasteiger partial charge in [-0.1, -0.05) is 18.2 Å². The van der Waals surface area contributed by atoms with Crippen LogP contribution in [0.25, 0.3) is 6.08 Å². The number of piperidine rings is 2. The molecule has 0 unspecified atom stereocenters. The van der Waals surface area contributed by atoms with Crippen molar-refractivity contribution in [3.05, 3.63) is 75.2 Å². The highest BCUT2D eigenvalue weighted by atomic mass is 32.2. The molecule has 0 aromatic heterocycles. The maximum absolute atomic E-state index is 13.8. The largest absolute Gasteiger partial charge is 0.390 e. The number of nitrogens with zero attached hydrogens (tertiary/aromatic N) is 3. The number of carbonyl (C=O) groups excluding carboxylic acids is 2. The minimum atomic E-state index is -3.83. The molecule has 12 heteroatoms. The summed E-state index contributed by atoms with van der Waals surface area (Å²) in [4.78, 5) is 32.4. The topological polar surface area (TPSA) is 119 Å². The molecule has 5 rings (SSSR count). The number of amides is 2. The number of carbonyl (C=O) groups is 2. The van der Waals surface area contributed by atoms with E-state index in [4.69, 9.17) is 0 Å². The zero-order valence-electron chi connectivity index (χ0n) is 25.4. The lowest BCUT2D eigenvalue weighted by Crippen LogP contribution is -2.50. The van der Waals surface area contributed by atoms with Crippen LogP contribution in [0.3, 0.4) is 0 Å². The standard InChI is InChI=1S/C32H38F2N4O5S/c1-21-18-24(28(39)37-13-9-30(3,41)10-14-37)19-22(2)26(21)8-17-44(42,43)38-15-11-32(12-16-38)29(40)35-27(36-32)23-6-5-7-25(20-23)31(4,33)34/h5-8,17-20,41H,9-16H2,1-4H3,(H,35,36,40). The van der Waals surface area contributed by atoms with E-state index in [0.717, 1.165) is 23.5 Å². The number of aryl methyl sites for hydroxylation is 2. The van der Waals surface area contributed by atoms with Crippen molar-refractivity contribution in [2.24, 2.45) is 4.99 Å². The smallest absolute Gasteiger partial charge is 0.270 e. The maximum atomic E-state index is 13.8. The Morgan fingerprint density at radius 3 is 2.25 bits per heavy atom. The van der Waals surface area contributed by atoms with Crippen LogP contribution in [0, 0.1) is 13.8 Å². The minimum absolute atomic E-state index is 0.0675. The molecule has 44 heavy (non-hydrogen) atoms. The van der Waals surface area contributed by atoms with Gasteiger partial charge < -0.3 is 15.3 Å². The summed E-state index contributed by atoms with van der Waals surface area (Å²) in [6.07, 6.45) is 2.87. The quantitative estimate of drug-likeness (QED) is 0.499. The van der Waals surface area contributed by atoms with Crippen molar-refractivity contribution in [1.29, 1.82) is 0 Å². The lowest BCUT2D eigenvalue weighted by Gasteiger charge is -2.36. The SMILES string of the molecule is Cc1cc(C(=O)N2CCC(C)(O)CC2)cc(C)c1C=CS(=O)(=O)N1CCC2(CC1)N=C(c1cccc(C(C)(F)F)c1)NC2=O. The van der Waals surface area contributed by atoms with Crippen LogP contribution in [-0.4, -0.2) is 77.7 Å². The molecular formula is C32H38F2N4O5S. The summed E-state index contributed by atoms with van der Waals surface area (Å²) in [5.74, 6) is -3.32. The summed E-state index contributed by atoms with van der Waals surface area (Å²) < 4.78 is 55.5. The number of hydrogen-bond acceptors (Lipinski definition) is 6. The first-order valence-corrected chi connectivity index (χ1v) is 16.2. The zero-order valence-corrected chi connectivity index (χ0v) is 26.2. The number of alkyl halides is 2. The number of halogens is 2. The van der Waals surface area contributed by atoms with E-state index < -0.39 is 27.1 Å². The van der Waals surface area contributed by atoms with E-state index in [1.165, 1.54) is 28.6 Å². The van der Waals surface area contributed by atoms with Crippen LogP contribution in [0.5, 0.6) is 0 Å². The van der Waals surface area contributed by atoms with Crippen molar-refractivity contribution >= 4 is 33.7 Å². The Morgan fingerprint density at radius 1 is 1.05 bits per heavy atom. The molecule has 2 saturated heterocycles. The van der Waals surface area contributed by atoms with E-state index in [2.05, 4.69) is 10.3 Å². The van der Waals surface area contributed by atoms with Crippen LogP contribution in [-0.2, 0) is 20.7 Å². The summed E-state index contributed by atoms with van der Waals surface area (Å²) in [5.41, 5.74) is 1.000. The minimum Gasteiger partial charge on any atom is -0.390 e. The number of rotatable bonds is 6. The highest BCUT2D eigenvalue weighted by Gasteiger charge is 2.47. The molecule has 3 aliphatic heterocycles. The normalized spacial score (nSPS) is 20.7. The number of benzene rings is 2. The van der Waals surface area contributed by atoms with Gasteiger partial charge >= 0.3 is 0 Å². The van der Waals surface area contributed by atoms with Crippen LogP contribution in [0.2, 0.25) is 0 Å². The highest BCUT2D eigenvalue weighted by molar-refractivity contribution is 7.92. The third-order valence-electron chi connectivity index (χ3n) is 8.91. The summed E-state index contributed by atoms with van der Waals surface area (Å²) in [5, 5.41) is 14.0. The third-order valence-corrected chi connectivity index (χ3v) is 10.5. The second-order valence-corrected chi connectivity index (χ2v) is 14.3. The van der Waals surface area contributed by atoms with Crippen LogP contribution in [0.15, 0.2) is 46.8 Å². The Hall–Kier alpha value is -3.48. The predicted molar refractivity (Wildman–Crippen MR) is 164 cm³/mol. The Balaban J connectivity index is 1.26. The van der Waals surface area contributed by atoms with Crippen LogP contribution in [0.4, 0.5) is 8.78 Å². The number of nitrogens with one attached hydrogen (secondary N) is 1. The van der Waals surface area contributed by atoms with E-state index in [1.54, 1.807) is 30.0 Å². The van der Waals surface area contributed by atoms with Crippen LogP contribution >= 0.6 is 0 Å². The predicted octanol–water partition coefficient (Wildman–Crippen LogP) is 4.11. The number of hydrogen-bond donors (Lipinski definition) is 2. The first-order valence-electron chi connectivity index (χ1n) is 14.7. The molecular weight excluding hydrogens is 590 g/mol. The molecule has 2 N–H and O–H groups in total. The molecule has 0 bridgehead atoms. The molecule has 236 valence electrons. The lowest BCUT2D eigenvalue weighted by atomic mass is 9.89. The van der Waals surface area contributed by atoms with Crippen molar-refractivity contribution in [3.8, 4) is 0 Å². The average Bonchev–Trinajstić information content (AvgIpc) is 3.27. The van der Waals surface area contributed by atoms with Gasteiger partial charge in [-0.25, -0.2) is 17.2 Å². The fourth-order valence-electron chi connectivity index (χ4n) is 6.02. The Bertz CT molecular complexity index is 1620. The van der Waals surface area contributed by atoms with Crippen molar-refractivity contribution < 1.29 is 31.9 Å². The first kappa shape index (κ1) is 31.9. The van der Waals surface area contributed by atoms with Crippen LogP contribution < -0.4 is 5.32 Å². The Labute approximate surface area is 256 Å². The summed E-state index contributed by atoms with van der Waals surface area (Å²) >= 11 is 0. The van der Waals surface area contributed by atoms with Gasteiger partial charge in [-0.15, -0.1) is 0 Å². The number of aliphatic hydroxyl groups is 1. The van der Waals surface area contributed by atoms with Gasteiger partial charge in [-0.2, -0.15) is 4.31 Å². The van der Waals surface area contributed by atoms with E-state index in [0.29, 0.717) is 42.6 Å². The van der Waals surface area contributed by atoms with E-state index in [1.807, 2.05) is 13.8 Å². The summed E-state index contributed by atoms with van der Waals surface area (Å²) in [6, 6.07) is 9.21. The van der Waals surface area contributed by atoms with Gasteiger partial charge in [-0.05, 0) is 87.4 Å². The van der Waals surface area contributed by atoms with Crippen LogP contribution in [0.1, 0.15) is 77.7 Å². The van der Waals surface area contributed by atoms with Gasteiger partial charge in [0.1, 0.15) is 11.4 Å². The van der Waals surface area contributed by atoms with E-state index >= 15 is 0 Å². The molecule has 1 spiro atoms. The monoisotopic (exact) mass is 628 g/mol. The molecule has 3 aliphatic rings. The summed E-state index contributed by atoms with van der Waals surface area (Å²) in [6.45, 7) is 7.31. The molecule has 2 aromatic carbocycles. The highest BCUT2D eigenvalue weighted by Crippen LogP contribution is 2.34. The molecule has 0 radical (unpaired) electrons. The van der Waals surface area contributed by atoms with Gasteiger partial charge in [0.15, 0.2) is 0 Å². The number of aliphatic imine (C=N–C) groups is 1. The molecule has 2 fully saturated rings. The molecule has 2 aromatic rings. The van der Waals surface area contributed by atoms with Gasteiger partial charge in [0, 0.05) is 55.2 Å². The van der Waals surface area contributed by atoms with Gasteiger partial charge in [-0.3, -0.25) is 14.6 Å². The fraction of sp³-hybridized carbons (Fsp3) is 0.469. The maximum Gasteiger partial charge on any atom is 0.270 e. The molecule has 0 atom stereocenters. The Morgan fingerprint density at radius 2 is 1.66 bits per heavy atom. The second kappa shape index (κ2) is 11.5. The summed E-state index contributed by atoms with van der Waals surface area (Å²) in [7, 11) is -3.83. The number of likely N-dealkylation sites (tertiary alicyclic amines) is 1. The van der Waals surface area contributed by atoms with Gasteiger partial charge in [0.05, 0.1) is 5.60 Å². The van der Waals surface area contributed by atoms with E-state index in [-0.39, 0.29) is 49.1 Å². The molecule has 9 nitrogen and oxygen atoms in total. The van der Waals surface area contributed by atoms with Crippen molar-refractivity contribution in [3.63, 3.8) is 0 Å². The van der Waals surface area contributed by atoms with Gasteiger partial charge in [0.2, 0.25) is 10.0 Å². The fourth-order valence-corrected chi connectivity index (χ4v) is 7.19. The van der Waals surface area contributed by atoms with Crippen molar-refractivity contribution in [1.82, 2.24) is 14.5 Å². The zero-order chi connectivity index (χ0) is 32.1. The molecule has 0 saturated carbocycles. The average molecular weight is 629 g/mol. The number of sulfonamides is 1. The third kappa shape index (κ3) is 6.47. The Kier molecular flexibility index (Phi) is 8.32.